The molecule has 1 unspecified atom stereocenters. The zero-order valence-electron chi connectivity index (χ0n) is 7.57. The maximum absolute atomic E-state index is 2.39. The molecular weight excluding hydrogens is 120 g/mol. The van der Waals surface area contributed by atoms with Crippen LogP contribution in [0.15, 0.2) is 11.6 Å². The molecule has 0 aromatic carbocycles. The summed E-state index contributed by atoms with van der Waals surface area (Å²) in [4.78, 5) is 0. The number of hydrogen-bond donors (Lipinski definition) is 0. The lowest BCUT2D eigenvalue weighted by Crippen LogP contribution is -2.03. The normalized spacial score (nSPS) is 35.5. The van der Waals surface area contributed by atoms with Crippen LogP contribution in [0.4, 0.5) is 0 Å². The quantitative estimate of drug-likeness (QED) is 0.513. The van der Waals surface area contributed by atoms with Crippen molar-refractivity contribution in [3.05, 3.63) is 11.6 Å². The van der Waals surface area contributed by atoms with Crippen LogP contribution in [0.1, 0.15) is 40.5 Å². The van der Waals surface area contributed by atoms with Crippen molar-refractivity contribution in [2.75, 3.05) is 0 Å². The zero-order valence-corrected chi connectivity index (χ0v) is 7.57. The Kier molecular flexibility index (Phi) is 1.89. The smallest absolute Gasteiger partial charge is 0.00558 e. The van der Waals surface area contributed by atoms with Gasteiger partial charge in [0.05, 0.1) is 0 Å². The van der Waals surface area contributed by atoms with E-state index in [0.29, 0.717) is 5.41 Å². The van der Waals surface area contributed by atoms with Gasteiger partial charge in [-0.05, 0) is 24.2 Å². The first-order valence-corrected chi connectivity index (χ1v) is 4.30. The average Bonchev–Trinajstić information content (AvgIpc) is 2.45. The van der Waals surface area contributed by atoms with Crippen LogP contribution >= 0.6 is 0 Å². The van der Waals surface area contributed by atoms with E-state index < -0.39 is 0 Å². The standard InChI is InChI=1S/C10H18/c1-5-6-9-7-10(9,4)8(2)3/h6,8H,5,7H2,1-4H3. The first-order valence-electron chi connectivity index (χ1n) is 4.30. The van der Waals surface area contributed by atoms with Crippen molar-refractivity contribution in [2.45, 2.75) is 40.5 Å². The van der Waals surface area contributed by atoms with E-state index in [1.54, 1.807) is 5.57 Å². The molecule has 1 aliphatic rings. The molecule has 0 aromatic heterocycles. The summed E-state index contributed by atoms with van der Waals surface area (Å²) in [6, 6.07) is 0. The molecule has 0 bridgehead atoms. The van der Waals surface area contributed by atoms with Crippen LogP contribution in [0.3, 0.4) is 0 Å². The van der Waals surface area contributed by atoms with Crippen molar-refractivity contribution in [3.8, 4) is 0 Å². The highest BCUT2D eigenvalue weighted by molar-refractivity contribution is 5.31. The van der Waals surface area contributed by atoms with Crippen molar-refractivity contribution in [1.29, 1.82) is 0 Å². The van der Waals surface area contributed by atoms with E-state index in [0.717, 1.165) is 5.92 Å². The second-order valence-electron chi connectivity index (χ2n) is 3.89. The summed E-state index contributed by atoms with van der Waals surface area (Å²) in [6.45, 7) is 9.22. The summed E-state index contributed by atoms with van der Waals surface area (Å²) in [5.74, 6) is 0.824. The van der Waals surface area contributed by atoms with Gasteiger partial charge < -0.3 is 0 Å². The van der Waals surface area contributed by atoms with Gasteiger partial charge in [0.25, 0.3) is 0 Å². The van der Waals surface area contributed by atoms with Crippen LogP contribution in [0.25, 0.3) is 0 Å². The summed E-state index contributed by atoms with van der Waals surface area (Å²) in [5.41, 5.74) is 2.26. The summed E-state index contributed by atoms with van der Waals surface area (Å²) in [7, 11) is 0. The molecule has 10 heavy (non-hydrogen) atoms. The van der Waals surface area contributed by atoms with E-state index in [1.807, 2.05) is 0 Å². The Morgan fingerprint density at radius 1 is 1.60 bits per heavy atom. The molecule has 0 heterocycles. The zero-order chi connectivity index (χ0) is 7.78. The van der Waals surface area contributed by atoms with Gasteiger partial charge in [0.2, 0.25) is 0 Å². The topological polar surface area (TPSA) is 0 Å². The van der Waals surface area contributed by atoms with E-state index in [4.69, 9.17) is 0 Å². The van der Waals surface area contributed by atoms with Crippen LogP contribution in [0.5, 0.6) is 0 Å². The van der Waals surface area contributed by atoms with Crippen LogP contribution in [-0.2, 0) is 0 Å². The Bertz CT molecular complexity index is 153. The molecule has 0 heteroatoms. The fourth-order valence-corrected chi connectivity index (χ4v) is 1.48. The fraction of sp³-hybridized carbons (Fsp3) is 0.800. The second-order valence-corrected chi connectivity index (χ2v) is 3.89. The average molecular weight is 138 g/mol. The molecule has 0 amide bonds. The molecule has 1 aliphatic carbocycles. The third kappa shape index (κ3) is 1.12. The molecule has 1 atom stereocenters. The lowest BCUT2D eigenvalue weighted by atomic mass is 9.94. The highest BCUT2D eigenvalue weighted by Crippen LogP contribution is 2.56. The van der Waals surface area contributed by atoms with Gasteiger partial charge in [0.1, 0.15) is 0 Å². The van der Waals surface area contributed by atoms with Crippen LogP contribution in [0.2, 0.25) is 0 Å². The summed E-state index contributed by atoms with van der Waals surface area (Å²) in [5, 5.41) is 0. The Labute approximate surface area is 64.3 Å². The molecule has 1 saturated carbocycles. The minimum atomic E-state index is 0.579. The lowest BCUT2D eigenvalue weighted by molar-refractivity contribution is 0.418. The van der Waals surface area contributed by atoms with Gasteiger partial charge in [-0.15, -0.1) is 0 Å². The van der Waals surface area contributed by atoms with Crippen LogP contribution in [0, 0.1) is 11.3 Å². The molecule has 0 saturated heterocycles. The highest BCUT2D eigenvalue weighted by Gasteiger charge is 2.45. The van der Waals surface area contributed by atoms with Gasteiger partial charge in [-0.2, -0.15) is 0 Å². The Morgan fingerprint density at radius 2 is 2.20 bits per heavy atom. The molecule has 0 nitrogen and oxygen atoms in total. The monoisotopic (exact) mass is 138 g/mol. The third-order valence-electron chi connectivity index (χ3n) is 2.89. The summed E-state index contributed by atoms with van der Waals surface area (Å²) >= 11 is 0. The Balaban J connectivity index is 2.56. The van der Waals surface area contributed by atoms with E-state index >= 15 is 0 Å². The summed E-state index contributed by atoms with van der Waals surface area (Å²) < 4.78 is 0. The molecule has 1 fully saturated rings. The molecule has 0 spiro atoms. The van der Waals surface area contributed by atoms with Crippen molar-refractivity contribution < 1.29 is 0 Å². The fourth-order valence-electron chi connectivity index (χ4n) is 1.48. The molecule has 0 radical (unpaired) electrons. The Hall–Kier alpha value is -0.260. The number of allylic oxidation sites excluding steroid dienone is 2. The van der Waals surface area contributed by atoms with Crippen molar-refractivity contribution in [2.24, 2.45) is 11.3 Å². The van der Waals surface area contributed by atoms with E-state index in [9.17, 15) is 0 Å². The molecule has 0 aliphatic heterocycles. The van der Waals surface area contributed by atoms with Crippen LogP contribution in [-0.4, -0.2) is 0 Å². The largest absolute Gasteiger partial charge is 0.0850 e. The lowest BCUT2D eigenvalue weighted by Gasteiger charge is -2.11. The number of rotatable bonds is 2. The van der Waals surface area contributed by atoms with Gasteiger partial charge in [-0.1, -0.05) is 39.3 Å². The Morgan fingerprint density at radius 3 is 2.50 bits per heavy atom. The SMILES string of the molecule is CCC=C1CC1(C)C(C)C. The maximum atomic E-state index is 2.39. The molecule has 58 valence electrons. The van der Waals surface area contributed by atoms with E-state index in [2.05, 4.69) is 33.8 Å². The van der Waals surface area contributed by atoms with Gasteiger partial charge >= 0.3 is 0 Å². The predicted octanol–water partition coefficient (Wildman–Crippen LogP) is 3.39. The molecule has 0 aromatic rings. The van der Waals surface area contributed by atoms with Gasteiger partial charge in [0.15, 0.2) is 0 Å². The van der Waals surface area contributed by atoms with Crippen molar-refractivity contribution >= 4 is 0 Å². The van der Waals surface area contributed by atoms with Crippen LogP contribution < -0.4 is 0 Å². The van der Waals surface area contributed by atoms with Gasteiger partial charge in [-0.3, -0.25) is 0 Å². The number of hydrogen-bond acceptors (Lipinski definition) is 0. The minimum Gasteiger partial charge on any atom is -0.0850 e. The molecular formula is C10H18. The summed E-state index contributed by atoms with van der Waals surface area (Å²) in [6.07, 6.45) is 4.94. The van der Waals surface area contributed by atoms with Crippen molar-refractivity contribution in [1.82, 2.24) is 0 Å². The minimum absolute atomic E-state index is 0.579. The predicted molar refractivity (Wildman–Crippen MR) is 45.9 cm³/mol. The first kappa shape index (κ1) is 7.84. The molecule has 0 N–H and O–H groups in total. The van der Waals surface area contributed by atoms with Gasteiger partial charge in [0, 0.05) is 0 Å². The van der Waals surface area contributed by atoms with Gasteiger partial charge in [-0.25, -0.2) is 0 Å². The highest BCUT2D eigenvalue weighted by atomic mass is 14.5. The molecule has 1 rings (SSSR count). The second kappa shape index (κ2) is 2.41. The first-order chi connectivity index (χ1) is 4.61. The van der Waals surface area contributed by atoms with E-state index in [-0.39, 0.29) is 0 Å². The maximum Gasteiger partial charge on any atom is -0.00558 e. The third-order valence-corrected chi connectivity index (χ3v) is 2.89. The van der Waals surface area contributed by atoms with E-state index in [1.165, 1.54) is 12.8 Å². The van der Waals surface area contributed by atoms with Crippen molar-refractivity contribution in [3.63, 3.8) is 0 Å².